The summed E-state index contributed by atoms with van der Waals surface area (Å²) in [5.41, 5.74) is 0.138. The van der Waals surface area contributed by atoms with Crippen molar-refractivity contribution in [3.63, 3.8) is 0 Å². The van der Waals surface area contributed by atoms with Crippen LogP contribution in [0.3, 0.4) is 0 Å². The molecule has 3 heterocycles. The van der Waals surface area contributed by atoms with Gasteiger partial charge in [0.2, 0.25) is 5.91 Å². The van der Waals surface area contributed by atoms with Crippen LogP contribution in [0.4, 0.5) is 15.2 Å². The smallest absolute Gasteiger partial charge is 0.273 e. The number of nitrogens with zero attached hydrogens (tertiary/aromatic N) is 5. The van der Waals surface area contributed by atoms with Gasteiger partial charge < -0.3 is 15.1 Å². The van der Waals surface area contributed by atoms with Crippen molar-refractivity contribution in [1.29, 1.82) is 0 Å². The molecule has 1 aliphatic heterocycles. The van der Waals surface area contributed by atoms with E-state index in [0.29, 0.717) is 10.3 Å². The fraction of sp³-hybridized carbons (Fsp3) is 0.368. The highest BCUT2D eigenvalue weighted by Crippen LogP contribution is 2.26. The van der Waals surface area contributed by atoms with Crippen LogP contribution in [0, 0.1) is 5.82 Å². The minimum Gasteiger partial charge on any atom is -0.345 e. The highest BCUT2D eigenvalue weighted by atomic mass is 32.1. The van der Waals surface area contributed by atoms with Crippen LogP contribution in [0.5, 0.6) is 0 Å². The Labute approximate surface area is 170 Å². The number of carbonyl (C=O) groups excluding carboxylic acids is 1. The lowest BCUT2D eigenvalue weighted by molar-refractivity contribution is -0.116. The van der Waals surface area contributed by atoms with E-state index in [-0.39, 0.29) is 17.8 Å². The molecular weight excluding hydrogens is 395 g/mol. The number of fused-ring (bicyclic) bond motifs is 1. The van der Waals surface area contributed by atoms with Crippen molar-refractivity contribution in [1.82, 2.24) is 19.4 Å². The van der Waals surface area contributed by atoms with E-state index in [0.717, 1.165) is 37.9 Å². The summed E-state index contributed by atoms with van der Waals surface area (Å²) in [4.78, 5) is 38.3. The summed E-state index contributed by atoms with van der Waals surface area (Å²) in [6.45, 7) is 6.54. The summed E-state index contributed by atoms with van der Waals surface area (Å²) < 4.78 is 15.3. The van der Waals surface area contributed by atoms with Gasteiger partial charge in [0.15, 0.2) is 10.8 Å². The van der Waals surface area contributed by atoms with Gasteiger partial charge in [-0.05, 0) is 18.7 Å². The van der Waals surface area contributed by atoms with E-state index in [1.807, 2.05) is 0 Å². The molecule has 4 rings (SSSR count). The van der Waals surface area contributed by atoms with Gasteiger partial charge in [-0.2, -0.15) is 4.98 Å². The van der Waals surface area contributed by atoms with Crippen LogP contribution in [0.2, 0.25) is 0 Å². The number of carbonyl (C=O) groups is 1. The number of halogens is 1. The van der Waals surface area contributed by atoms with Crippen molar-refractivity contribution >= 4 is 38.4 Å². The van der Waals surface area contributed by atoms with Crippen LogP contribution in [0.15, 0.2) is 35.4 Å². The molecule has 10 heteroatoms. The van der Waals surface area contributed by atoms with Crippen LogP contribution >= 0.6 is 11.3 Å². The molecule has 3 aromatic rings. The van der Waals surface area contributed by atoms with Crippen molar-refractivity contribution in [2.45, 2.75) is 13.5 Å². The van der Waals surface area contributed by atoms with Crippen LogP contribution in [-0.4, -0.2) is 58.1 Å². The summed E-state index contributed by atoms with van der Waals surface area (Å²) in [6.07, 6.45) is 1.31. The largest absolute Gasteiger partial charge is 0.345 e. The van der Waals surface area contributed by atoms with Gasteiger partial charge in [0.05, 0.1) is 5.69 Å². The van der Waals surface area contributed by atoms with Gasteiger partial charge in [-0.1, -0.05) is 30.4 Å². The normalized spacial score (nSPS) is 15.0. The summed E-state index contributed by atoms with van der Waals surface area (Å²) in [5.74, 6) is -1.03. The first-order chi connectivity index (χ1) is 14.0. The molecule has 0 atom stereocenters. The number of amides is 1. The first-order valence-electron chi connectivity index (χ1n) is 9.43. The first kappa shape index (κ1) is 19.5. The molecule has 1 N–H and O–H groups in total. The molecule has 1 saturated heterocycles. The zero-order valence-electron chi connectivity index (χ0n) is 16.0. The topological polar surface area (TPSA) is 83.4 Å². The van der Waals surface area contributed by atoms with Gasteiger partial charge in [-0.15, -0.1) is 0 Å². The van der Waals surface area contributed by atoms with Crippen molar-refractivity contribution in [2.24, 2.45) is 0 Å². The van der Waals surface area contributed by atoms with Crippen molar-refractivity contribution in [3.05, 3.63) is 46.8 Å². The fourth-order valence-corrected chi connectivity index (χ4v) is 4.27. The number of anilines is 2. The predicted octanol–water partition coefficient (Wildman–Crippen LogP) is 1.77. The number of piperazine rings is 1. The maximum Gasteiger partial charge on any atom is 0.273 e. The van der Waals surface area contributed by atoms with Gasteiger partial charge in [-0.3, -0.25) is 14.2 Å². The van der Waals surface area contributed by atoms with E-state index in [9.17, 15) is 14.0 Å². The van der Waals surface area contributed by atoms with E-state index < -0.39 is 11.7 Å². The molecule has 1 fully saturated rings. The number of aromatic nitrogens is 3. The maximum absolute atomic E-state index is 13.7. The van der Waals surface area contributed by atoms with Crippen molar-refractivity contribution < 1.29 is 9.18 Å². The molecule has 29 heavy (non-hydrogen) atoms. The quantitative estimate of drug-likeness (QED) is 0.683. The molecule has 0 aliphatic carbocycles. The average molecular weight is 416 g/mol. The SMILES string of the molecule is CCN1CCN(c2nc3ncn(CC(=O)Nc4ccccc4F)c(=O)c3s2)CC1. The summed E-state index contributed by atoms with van der Waals surface area (Å²) in [6, 6.07) is 5.88. The summed E-state index contributed by atoms with van der Waals surface area (Å²) in [7, 11) is 0. The highest BCUT2D eigenvalue weighted by Gasteiger charge is 2.21. The van der Waals surface area contributed by atoms with Gasteiger partial charge in [0, 0.05) is 26.2 Å². The Kier molecular flexibility index (Phi) is 5.54. The predicted molar refractivity (Wildman–Crippen MR) is 111 cm³/mol. The van der Waals surface area contributed by atoms with E-state index in [1.54, 1.807) is 6.07 Å². The lowest BCUT2D eigenvalue weighted by atomic mass is 10.3. The molecule has 1 aliphatic rings. The molecule has 8 nitrogen and oxygen atoms in total. The van der Waals surface area contributed by atoms with Crippen molar-refractivity contribution in [3.8, 4) is 0 Å². The standard InChI is InChI=1S/C19H21FN6O2S/c1-2-24-7-9-25(10-8-24)19-23-17-16(29-19)18(28)26(12-21-17)11-15(27)22-14-6-4-3-5-13(14)20/h3-6,12H,2,7-11H2,1H3,(H,22,27). The molecule has 152 valence electrons. The third kappa shape index (κ3) is 4.13. The van der Waals surface area contributed by atoms with Gasteiger partial charge in [0.1, 0.15) is 23.4 Å². The number of para-hydroxylation sites is 1. The maximum atomic E-state index is 13.7. The molecule has 0 radical (unpaired) electrons. The van der Waals surface area contributed by atoms with Crippen LogP contribution in [0.25, 0.3) is 10.3 Å². The van der Waals surface area contributed by atoms with Gasteiger partial charge in [-0.25, -0.2) is 9.37 Å². The Morgan fingerprint density at radius 3 is 2.72 bits per heavy atom. The third-order valence-corrected chi connectivity index (χ3v) is 6.02. The number of nitrogens with one attached hydrogen (secondary N) is 1. The fourth-order valence-electron chi connectivity index (χ4n) is 3.25. The number of hydrogen-bond acceptors (Lipinski definition) is 7. The van der Waals surface area contributed by atoms with E-state index >= 15 is 0 Å². The van der Waals surface area contributed by atoms with Gasteiger partial charge >= 0.3 is 0 Å². The Bertz CT molecular complexity index is 1090. The monoisotopic (exact) mass is 416 g/mol. The van der Waals surface area contributed by atoms with Gasteiger partial charge in [0.25, 0.3) is 5.56 Å². The number of likely N-dealkylation sites (N-methyl/N-ethyl adjacent to an activating group) is 1. The van der Waals surface area contributed by atoms with E-state index in [1.165, 1.54) is 40.4 Å². The Hall–Kier alpha value is -2.85. The molecule has 1 aromatic carbocycles. The molecule has 1 amide bonds. The molecule has 2 aromatic heterocycles. The minimum atomic E-state index is -0.531. The summed E-state index contributed by atoms with van der Waals surface area (Å²) >= 11 is 1.30. The Morgan fingerprint density at radius 2 is 2.00 bits per heavy atom. The molecular formula is C19H21FN6O2S. The zero-order chi connectivity index (χ0) is 20.4. The lowest BCUT2D eigenvalue weighted by Crippen LogP contribution is -2.46. The number of benzene rings is 1. The second kappa shape index (κ2) is 8.26. The Morgan fingerprint density at radius 1 is 1.24 bits per heavy atom. The third-order valence-electron chi connectivity index (χ3n) is 4.92. The van der Waals surface area contributed by atoms with Crippen molar-refractivity contribution in [2.75, 3.05) is 42.9 Å². The number of thiazole rings is 1. The molecule has 0 spiro atoms. The van der Waals surface area contributed by atoms with E-state index in [4.69, 9.17) is 0 Å². The van der Waals surface area contributed by atoms with E-state index in [2.05, 4.69) is 32.0 Å². The molecule has 0 unspecified atom stereocenters. The molecule has 0 saturated carbocycles. The lowest BCUT2D eigenvalue weighted by Gasteiger charge is -2.33. The minimum absolute atomic E-state index is 0.0749. The highest BCUT2D eigenvalue weighted by molar-refractivity contribution is 7.22. The number of hydrogen-bond donors (Lipinski definition) is 1. The number of rotatable bonds is 5. The molecule has 0 bridgehead atoms. The summed E-state index contributed by atoms with van der Waals surface area (Å²) in [5, 5.41) is 3.25. The first-order valence-corrected chi connectivity index (χ1v) is 10.2. The second-order valence-electron chi connectivity index (χ2n) is 6.78. The Balaban J connectivity index is 1.51. The second-order valence-corrected chi connectivity index (χ2v) is 7.75. The zero-order valence-corrected chi connectivity index (χ0v) is 16.8. The van der Waals surface area contributed by atoms with Crippen LogP contribution in [0.1, 0.15) is 6.92 Å². The van der Waals surface area contributed by atoms with Crippen LogP contribution in [-0.2, 0) is 11.3 Å². The van der Waals surface area contributed by atoms with Crippen LogP contribution < -0.4 is 15.8 Å². The average Bonchev–Trinajstić information content (AvgIpc) is 3.17.